The highest BCUT2D eigenvalue weighted by Crippen LogP contribution is 2.35. The summed E-state index contributed by atoms with van der Waals surface area (Å²) >= 11 is 1.56. The number of pyridine rings is 1. The Morgan fingerprint density at radius 1 is 1.37 bits per heavy atom. The van der Waals surface area contributed by atoms with E-state index in [2.05, 4.69) is 4.98 Å². The van der Waals surface area contributed by atoms with E-state index >= 15 is 0 Å². The molecule has 2 rings (SSSR count). The minimum Gasteiger partial charge on any atom is -0.477 e. The quantitative estimate of drug-likeness (QED) is 0.788. The first kappa shape index (κ1) is 13.5. The molecule has 0 amide bonds. The lowest BCUT2D eigenvalue weighted by Crippen LogP contribution is -2.26. The van der Waals surface area contributed by atoms with Crippen molar-refractivity contribution in [3.8, 4) is 16.2 Å². The molecule has 0 N–H and O–H groups in total. The van der Waals surface area contributed by atoms with Gasteiger partial charge < -0.3 is 9.47 Å². The van der Waals surface area contributed by atoms with E-state index in [-0.39, 0.29) is 5.97 Å². The average Bonchev–Trinajstić information content (AvgIpc) is 2.88. The number of esters is 1. The van der Waals surface area contributed by atoms with Gasteiger partial charge in [-0.05, 0) is 43.0 Å². The fourth-order valence-electron chi connectivity index (χ4n) is 1.60. The molecule has 1 atom stereocenters. The highest BCUT2D eigenvalue weighted by Gasteiger charge is 2.18. The lowest BCUT2D eigenvalue weighted by atomic mass is 10.2. The Labute approximate surface area is 116 Å². The Morgan fingerprint density at radius 3 is 2.79 bits per heavy atom. The summed E-state index contributed by atoms with van der Waals surface area (Å²) in [5.74, 6) is 0.339. The van der Waals surface area contributed by atoms with Crippen LogP contribution in [0.4, 0.5) is 0 Å². The van der Waals surface area contributed by atoms with Crippen LogP contribution in [0, 0.1) is 0 Å². The first-order valence-electron chi connectivity index (χ1n) is 6.03. The number of nitrogens with zero attached hydrogens (tertiary/aromatic N) is 1. The molecule has 0 radical (unpaired) electrons. The lowest BCUT2D eigenvalue weighted by molar-refractivity contribution is -0.150. The molecule has 19 heavy (non-hydrogen) atoms. The van der Waals surface area contributed by atoms with Crippen molar-refractivity contribution in [1.82, 2.24) is 4.98 Å². The van der Waals surface area contributed by atoms with Gasteiger partial charge in [-0.25, -0.2) is 4.79 Å². The molecule has 0 aliphatic heterocycles. The zero-order valence-electron chi connectivity index (χ0n) is 10.8. The Morgan fingerprint density at radius 2 is 2.11 bits per heavy atom. The van der Waals surface area contributed by atoms with Gasteiger partial charge in [0.2, 0.25) is 0 Å². The van der Waals surface area contributed by atoms with E-state index in [1.165, 1.54) is 0 Å². The Hall–Kier alpha value is -1.88. The summed E-state index contributed by atoms with van der Waals surface area (Å²) in [5, 5.41) is 1.93. The molecule has 2 aromatic heterocycles. The SMILES string of the molecule is CCOC(=O)[C@H](C)Oc1ccsc1-c1ccncc1. The third kappa shape index (κ3) is 3.32. The van der Waals surface area contributed by atoms with Crippen molar-refractivity contribution in [2.45, 2.75) is 20.0 Å². The summed E-state index contributed by atoms with van der Waals surface area (Å²) in [5.41, 5.74) is 1.02. The van der Waals surface area contributed by atoms with E-state index in [1.807, 2.05) is 23.6 Å². The van der Waals surface area contributed by atoms with Crippen molar-refractivity contribution in [2.24, 2.45) is 0 Å². The highest BCUT2D eigenvalue weighted by atomic mass is 32.1. The predicted molar refractivity (Wildman–Crippen MR) is 74.3 cm³/mol. The number of rotatable bonds is 5. The van der Waals surface area contributed by atoms with Gasteiger partial charge in [-0.1, -0.05) is 0 Å². The van der Waals surface area contributed by atoms with Crippen LogP contribution in [0.15, 0.2) is 36.0 Å². The molecule has 100 valence electrons. The van der Waals surface area contributed by atoms with Crippen LogP contribution in [0.1, 0.15) is 13.8 Å². The maximum Gasteiger partial charge on any atom is 0.347 e. The van der Waals surface area contributed by atoms with Crippen molar-refractivity contribution < 1.29 is 14.3 Å². The van der Waals surface area contributed by atoms with E-state index in [1.54, 1.807) is 37.6 Å². The van der Waals surface area contributed by atoms with Crippen LogP contribution >= 0.6 is 11.3 Å². The van der Waals surface area contributed by atoms with Crippen molar-refractivity contribution in [3.63, 3.8) is 0 Å². The topological polar surface area (TPSA) is 48.4 Å². The summed E-state index contributed by atoms with van der Waals surface area (Å²) in [7, 11) is 0. The number of carbonyl (C=O) groups is 1. The Bertz CT molecular complexity index is 539. The van der Waals surface area contributed by atoms with Crippen LogP contribution in [0.3, 0.4) is 0 Å². The zero-order valence-corrected chi connectivity index (χ0v) is 11.6. The second kappa shape index (κ2) is 6.33. The third-order valence-electron chi connectivity index (χ3n) is 2.49. The van der Waals surface area contributed by atoms with Gasteiger partial charge in [-0.2, -0.15) is 0 Å². The number of hydrogen-bond donors (Lipinski definition) is 0. The van der Waals surface area contributed by atoms with Crippen LogP contribution in [-0.4, -0.2) is 23.7 Å². The van der Waals surface area contributed by atoms with Crippen LogP contribution < -0.4 is 4.74 Å². The molecule has 0 saturated carbocycles. The van der Waals surface area contributed by atoms with E-state index in [9.17, 15) is 4.79 Å². The van der Waals surface area contributed by atoms with E-state index in [4.69, 9.17) is 9.47 Å². The predicted octanol–water partition coefficient (Wildman–Crippen LogP) is 3.14. The fourth-order valence-corrected chi connectivity index (χ4v) is 2.43. The third-order valence-corrected chi connectivity index (χ3v) is 3.44. The minimum atomic E-state index is -0.616. The summed E-state index contributed by atoms with van der Waals surface area (Å²) in [6, 6.07) is 5.68. The number of ether oxygens (including phenoxy) is 2. The van der Waals surface area contributed by atoms with Gasteiger partial charge in [0.25, 0.3) is 0 Å². The number of carbonyl (C=O) groups excluding carboxylic acids is 1. The van der Waals surface area contributed by atoms with Crippen molar-refractivity contribution >= 4 is 17.3 Å². The summed E-state index contributed by atoms with van der Waals surface area (Å²) in [6.45, 7) is 3.82. The zero-order chi connectivity index (χ0) is 13.7. The number of hydrogen-bond acceptors (Lipinski definition) is 5. The summed E-state index contributed by atoms with van der Waals surface area (Å²) in [6.07, 6.45) is 2.84. The van der Waals surface area contributed by atoms with Crippen LogP contribution in [0.25, 0.3) is 10.4 Å². The molecule has 0 aliphatic carbocycles. The van der Waals surface area contributed by atoms with Crippen LogP contribution in [-0.2, 0) is 9.53 Å². The molecule has 0 spiro atoms. The maximum atomic E-state index is 11.6. The highest BCUT2D eigenvalue weighted by molar-refractivity contribution is 7.14. The molecule has 2 heterocycles. The standard InChI is InChI=1S/C14H15NO3S/c1-3-17-14(16)10(2)18-12-6-9-19-13(12)11-4-7-15-8-5-11/h4-10H,3H2,1-2H3/t10-/m0/s1. The normalized spacial score (nSPS) is 11.9. The molecule has 4 nitrogen and oxygen atoms in total. The van der Waals surface area contributed by atoms with Crippen molar-refractivity contribution in [3.05, 3.63) is 36.0 Å². The van der Waals surface area contributed by atoms with Crippen molar-refractivity contribution in [1.29, 1.82) is 0 Å². The van der Waals surface area contributed by atoms with Gasteiger partial charge in [0.05, 0.1) is 11.5 Å². The molecule has 0 saturated heterocycles. The van der Waals surface area contributed by atoms with Crippen LogP contribution in [0.5, 0.6) is 5.75 Å². The second-order valence-electron chi connectivity index (χ2n) is 3.86. The first-order valence-corrected chi connectivity index (χ1v) is 6.91. The Kier molecular flexibility index (Phi) is 4.52. The molecule has 0 fully saturated rings. The first-order chi connectivity index (χ1) is 9.22. The molecular formula is C14H15NO3S. The minimum absolute atomic E-state index is 0.352. The van der Waals surface area contributed by atoms with Gasteiger partial charge in [0.15, 0.2) is 6.10 Å². The molecular weight excluding hydrogens is 262 g/mol. The molecule has 2 aromatic rings. The van der Waals surface area contributed by atoms with Gasteiger partial charge in [0.1, 0.15) is 5.75 Å². The van der Waals surface area contributed by atoms with Gasteiger partial charge >= 0.3 is 5.97 Å². The van der Waals surface area contributed by atoms with Gasteiger partial charge in [0, 0.05) is 12.4 Å². The molecule has 0 aromatic carbocycles. The van der Waals surface area contributed by atoms with Crippen LogP contribution in [0.2, 0.25) is 0 Å². The van der Waals surface area contributed by atoms with E-state index in [0.29, 0.717) is 12.4 Å². The fraction of sp³-hybridized carbons (Fsp3) is 0.286. The number of aromatic nitrogens is 1. The Balaban J connectivity index is 2.15. The molecule has 0 aliphatic rings. The molecule has 0 unspecified atom stereocenters. The largest absolute Gasteiger partial charge is 0.477 e. The summed E-state index contributed by atoms with van der Waals surface area (Å²) in [4.78, 5) is 16.5. The van der Waals surface area contributed by atoms with Gasteiger partial charge in [-0.15, -0.1) is 11.3 Å². The summed E-state index contributed by atoms with van der Waals surface area (Å²) < 4.78 is 10.6. The second-order valence-corrected chi connectivity index (χ2v) is 4.78. The molecule has 5 heteroatoms. The van der Waals surface area contributed by atoms with E-state index in [0.717, 1.165) is 10.4 Å². The van der Waals surface area contributed by atoms with Crippen molar-refractivity contribution in [2.75, 3.05) is 6.61 Å². The lowest BCUT2D eigenvalue weighted by Gasteiger charge is -2.13. The van der Waals surface area contributed by atoms with E-state index < -0.39 is 6.10 Å². The maximum absolute atomic E-state index is 11.6. The smallest absolute Gasteiger partial charge is 0.347 e. The molecule has 0 bridgehead atoms. The average molecular weight is 277 g/mol. The monoisotopic (exact) mass is 277 g/mol. The van der Waals surface area contributed by atoms with Gasteiger partial charge in [-0.3, -0.25) is 4.98 Å². The number of thiophene rings is 1.